The number of carboxylic acid groups (broad SMARTS) is 1. The first-order valence-electron chi connectivity index (χ1n) is 7.34. The molecule has 0 fully saturated rings. The molecule has 0 radical (unpaired) electrons. The molecule has 0 aliphatic heterocycles. The van der Waals surface area contributed by atoms with Crippen molar-refractivity contribution in [2.24, 2.45) is 0 Å². The van der Waals surface area contributed by atoms with E-state index in [9.17, 15) is 23.1 Å². The van der Waals surface area contributed by atoms with E-state index >= 15 is 0 Å². The lowest BCUT2D eigenvalue weighted by Gasteiger charge is -2.19. The van der Waals surface area contributed by atoms with Gasteiger partial charge >= 0.3 is 12.1 Å². The second-order valence-electron chi connectivity index (χ2n) is 5.35. The van der Waals surface area contributed by atoms with Crippen LogP contribution in [-0.4, -0.2) is 11.1 Å². The number of hydrogen-bond donors (Lipinski definition) is 1. The van der Waals surface area contributed by atoms with Crippen LogP contribution < -0.4 is 0 Å². The fraction of sp³-hybridized carbons (Fsp3) is 0.278. The Morgan fingerprint density at radius 1 is 1.09 bits per heavy atom. The Kier molecular flexibility index (Phi) is 5.08. The van der Waals surface area contributed by atoms with Crippen molar-refractivity contribution in [3.63, 3.8) is 0 Å². The molecule has 1 unspecified atom stereocenters. The molecular weight excluding hydrogens is 305 g/mol. The van der Waals surface area contributed by atoms with Gasteiger partial charge in [0.25, 0.3) is 0 Å². The summed E-state index contributed by atoms with van der Waals surface area (Å²) in [6, 6.07) is 12.7. The third-order valence-corrected chi connectivity index (χ3v) is 3.71. The van der Waals surface area contributed by atoms with Gasteiger partial charge in [-0.25, -0.2) is 0 Å². The van der Waals surface area contributed by atoms with Crippen LogP contribution in [-0.2, 0) is 11.0 Å². The number of alkyl halides is 3. The largest absolute Gasteiger partial charge is 0.481 e. The van der Waals surface area contributed by atoms with Crippen LogP contribution in [0.1, 0.15) is 36.8 Å². The first-order valence-corrected chi connectivity index (χ1v) is 7.34. The average molecular weight is 322 g/mol. The van der Waals surface area contributed by atoms with Gasteiger partial charge in [0, 0.05) is 0 Å². The van der Waals surface area contributed by atoms with Crippen LogP contribution in [0.5, 0.6) is 0 Å². The van der Waals surface area contributed by atoms with E-state index in [0.29, 0.717) is 12.0 Å². The molecule has 0 saturated carbocycles. The molecular formula is C18H17F3O2. The van der Waals surface area contributed by atoms with Gasteiger partial charge in [0.15, 0.2) is 0 Å². The molecule has 2 rings (SSSR count). The van der Waals surface area contributed by atoms with Crippen LogP contribution in [0.25, 0.3) is 11.1 Å². The summed E-state index contributed by atoms with van der Waals surface area (Å²) in [5.74, 6) is -2.40. The third-order valence-electron chi connectivity index (χ3n) is 3.71. The monoisotopic (exact) mass is 322 g/mol. The molecule has 23 heavy (non-hydrogen) atoms. The van der Waals surface area contributed by atoms with E-state index in [1.54, 1.807) is 31.2 Å². The van der Waals surface area contributed by atoms with Gasteiger partial charge in [0.05, 0.1) is 11.5 Å². The molecule has 2 nitrogen and oxygen atoms in total. The van der Waals surface area contributed by atoms with Gasteiger partial charge < -0.3 is 5.11 Å². The highest BCUT2D eigenvalue weighted by Crippen LogP contribution is 2.39. The molecule has 0 aliphatic carbocycles. The Bertz CT molecular complexity index is 678. The lowest BCUT2D eigenvalue weighted by Crippen LogP contribution is -2.18. The van der Waals surface area contributed by atoms with E-state index in [-0.39, 0.29) is 12.0 Å². The van der Waals surface area contributed by atoms with Crippen molar-refractivity contribution in [1.82, 2.24) is 0 Å². The number of benzene rings is 2. The fourth-order valence-electron chi connectivity index (χ4n) is 2.62. The van der Waals surface area contributed by atoms with Crippen LogP contribution >= 0.6 is 0 Å². The number of aliphatic carboxylic acids is 1. The van der Waals surface area contributed by atoms with Gasteiger partial charge in [-0.15, -0.1) is 0 Å². The van der Waals surface area contributed by atoms with Crippen LogP contribution in [0.2, 0.25) is 0 Å². The summed E-state index contributed by atoms with van der Waals surface area (Å²) in [4.78, 5) is 11.4. The quantitative estimate of drug-likeness (QED) is 0.806. The summed E-state index contributed by atoms with van der Waals surface area (Å²) >= 11 is 0. The third kappa shape index (κ3) is 3.92. The van der Waals surface area contributed by atoms with E-state index in [4.69, 9.17) is 0 Å². The molecule has 2 aromatic rings. The zero-order valence-electron chi connectivity index (χ0n) is 12.6. The molecule has 1 N–H and O–H groups in total. The maximum atomic E-state index is 13.3. The summed E-state index contributed by atoms with van der Waals surface area (Å²) < 4.78 is 39.8. The lowest BCUT2D eigenvalue weighted by molar-refractivity contribution is -0.141. The van der Waals surface area contributed by atoms with Gasteiger partial charge in [-0.1, -0.05) is 49.7 Å². The van der Waals surface area contributed by atoms with Crippen molar-refractivity contribution in [1.29, 1.82) is 0 Å². The van der Waals surface area contributed by atoms with Gasteiger partial charge in [-0.3, -0.25) is 4.79 Å². The first kappa shape index (κ1) is 17.1. The molecule has 5 heteroatoms. The highest BCUT2D eigenvalue weighted by Gasteiger charge is 2.36. The Hall–Kier alpha value is -2.30. The minimum Gasteiger partial charge on any atom is -0.481 e. The second-order valence-corrected chi connectivity index (χ2v) is 5.35. The highest BCUT2D eigenvalue weighted by atomic mass is 19.4. The lowest BCUT2D eigenvalue weighted by atomic mass is 9.88. The molecule has 0 aromatic heterocycles. The minimum atomic E-state index is -4.58. The van der Waals surface area contributed by atoms with Crippen molar-refractivity contribution in [2.45, 2.75) is 31.9 Å². The molecule has 0 spiro atoms. The number of carbonyl (C=O) groups is 1. The molecule has 0 heterocycles. The smallest absolute Gasteiger partial charge is 0.416 e. The Morgan fingerprint density at radius 3 is 2.26 bits per heavy atom. The number of rotatable bonds is 5. The van der Waals surface area contributed by atoms with E-state index < -0.39 is 23.6 Å². The Morgan fingerprint density at radius 2 is 1.74 bits per heavy atom. The topological polar surface area (TPSA) is 37.3 Å². The molecule has 0 amide bonds. The maximum absolute atomic E-state index is 13.3. The van der Waals surface area contributed by atoms with Crippen molar-refractivity contribution in [3.8, 4) is 11.1 Å². The van der Waals surface area contributed by atoms with E-state index in [1.165, 1.54) is 12.1 Å². The standard InChI is InChI=1S/C18H17F3O2/c1-2-6-14(17(22)23)15-11-13(12-7-4-3-5-8-12)9-10-16(15)18(19,20)21/h3-5,7-11,14H,2,6H2,1H3,(H,22,23). The number of hydrogen-bond acceptors (Lipinski definition) is 1. The summed E-state index contributed by atoms with van der Waals surface area (Å²) in [6.07, 6.45) is -3.92. The summed E-state index contributed by atoms with van der Waals surface area (Å²) in [7, 11) is 0. The molecule has 2 aromatic carbocycles. The van der Waals surface area contributed by atoms with E-state index in [1.807, 2.05) is 6.07 Å². The van der Waals surface area contributed by atoms with Crippen molar-refractivity contribution < 1.29 is 23.1 Å². The van der Waals surface area contributed by atoms with Gasteiger partial charge in [0.2, 0.25) is 0 Å². The Balaban J connectivity index is 2.61. The molecule has 0 aliphatic rings. The highest BCUT2D eigenvalue weighted by molar-refractivity contribution is 5.78. The first-order chi connectivity index (χ1) is 10.8. The number of carboxylic acids is 1. The van der Waals surface area contributed by atoms with Crippen LogP contribution in [0.15, 0.2) is 48.5 Å². The van der Waals surface area contributed by atoms with Gasteiger partial charge in [-0.2, -0.15) is 13.2 Å². The zero-order chi connectivity index (χ0) is 17.0. The van der Waals surface area contributed by atoms with Crippen LogP contribution in [0, 0.1) is 0 Å². The van der Waals surface area contributed by atoms with Crippen LogP contribution in [0.4, 0.5) is 13.2 Å². The molecule has 1 atom stereocenters. The predicted octanol–water partition coefficient (Wildman–Crippen LogP) is 5.34. The predicted molar refractivity (Wildman–Crippen MR) is 82.2 cm³/mol. The van der Waals surface area contributed by atoms with Gasteiger partial charge in [0.1, 0.15) is 0 Å². The summed E-state index contributed by atoms with van der Waals surface area (Å²) in [6.45, 7) is 1.75. The van der Waals surface area contributed by atoms with E-state index in [2.05, 4.69) is 0 Å². The molecule has 0 bridgehead atoms. The fourth-order valence-corrected chi connectivity index (χ4v) is 2.62. The molecule has 0 saturated heterocycles. The van der Waals surface area contributed by atoms with Crippen LogP contribution in [0.3, 0.4) is 0 Å². The van der Waals surface area contributed by atoms with E-state index in [0.717, 1.165) is 11.6 Å². The van der Waals surface area contributed by atoms with Gasteiger partial charge in [-0.05, 0) is 35.2 Å². The average Bonchev–Trinajstić information content (AvgIpc) is 2.51. The van der Waals surface area contributed by atoms with Crippen molar-refractivity contribution in [2.75, 3.05) is 0 Å². The molecule has 122 valence electrons. The number of halogens is 3. The van der Waals surface area contributed by atoms with Crippen molar-refractivity contribution in [3.05, 3.63) is 59.7 Å². The Labute approximate surface area is 132 Å². The minimum absolute atomic E-state index is 0.163. The summed E-state index contributed by atoms with van der Waals surface area (Å²) in [5.41, 5.74) is 0.283. The normalized spacial score (nSPS) is 12.9. The summed E-state index contributed by atoms with van der Waals surface area (Å²) in [5, 5.41) is 9.34. The second kappa shape index (κ2) is 6.86. The zero-order valence-corrected chi connectivity index (χ0v) is 12.6. The maximum Gasteiger partial charge on any atom is 0.416 e. The SMILES string of the molecule is CCCC(C(=O)O)c1cc(-c2ccccc2)ccc1C(F)(F)F. The van der Waals surface area contributed by atoms with Crippen molar-refractivity contribution >= 4 is 5.97 Å².